The molecule has 5 aromatic rings. The Balaban J connectivity index is 1.40. The van der Waals surface area contributed by atoms with E-state index in [1.54, 1.807) is 7.11 Å². The highest BCUT2D eigenvalue weighted by Crippen LogP contribution is 2.29. The van der Waals surface area contributed by atoms with Crippen LogP contribution in [-0.2, 0) is 11.3 Å². The molecule has 7 nitrogen and oxygen atoms in total. The number of nitrogens with zero attached hydrogens (tertiary/aromatic N) is 5. The van der Waals surface area contributed by atoms with Crippen LogP contribution in [0.4, 0.5) is 5.69 Å². The number of methoxy groups -OCH3 is 1. The van der Waals surface area contributed by atoms with Crippen LogP contribution in [0.15, 0.2) is 72.9 Å². The standard InChI is InChI=1S/C27H26N6O/c1-34-18-25-22(19-6-9-21(10-7-19)32-14-12-28-13-15-32)16-27-29-17-26(33(27)31-25)24-11-8-20-4-2-3-5-23(20)30-24/h2-11,16-17,28H,12-15,18H2,1H3. The number of hydrogen-bond donors (Lipinski definition) is 1. The molecule has 7 heteroatoms. The summed E-state index contributed by atoms with van der Waals surface area (Å²) in [7, 11) is 1.70. The highest BCUT2D eigenvalue weighted by atomic mass is 16.5. The van der Waals surface area contributed by atoms with Crippen molar-refractivity contribution in [3.63, 3.8) is 0 Å². The molecule has 1 aliphatic heterocycles. The highest BCUT2D eigenvalue weighted by molar-refractivity contribution is 5.81. The van der Waals surface area contributed by atoms with Gasteiger partial charge in [-0.2, -0.15) is 5.10 Å². The van der Waals surface area contributed by atoms with Crippen molar-refractivity contribution in [3.8, 4) is 22.5 Å². The van der Waals surface area contributed by atoms with Crippen LogP contribution in [0.1, 0.15) is 5.69 Å². The summed E-state index contributed by atoms with van der Waals surface area (Å²) in [4.78, 5) is 11.9. The fourth-order valence-electron chi connectivity index (χ4n) is 4.60. The fourth-order valence-corrected chi connectivity index (χ4v) is 4.60. The largest absolute Gasteiger partial charge is 0.378 e. The lowest BCUT2D eigenvalue weighted by molar-refractivity contribution is 0.181. The Kier molecular flexibility index (Phi) is 5.41. The molecule has 2 aromatic carbocycles. The van der Waals surface area contributed by atoms with E-state index in [9.17, 15) is 0 Å². The summed E-state index contributed by atoms with van der Waals surface area (Å²) in [6.45, 7) is 4.51. The third-order valence-electron chi connectivity index (χ3n) is 6.37. The molecule has 0 saturated carbocycles. The number of benzene rings is 2. The van der Waals surface area contributed by atoms with E-state index in [4.69, 9.17) is 14.8 Å². The van der Waals surface area contributed by atoms with E-state index >= 15 is 0 Å². The number of para-hydroxylation sites is 1. The molecule has 0 bridgehead atoms. The number of hydrogen-bond acceptors (Lipinski definition) is 6. The van der Waals surface area contributed by atoms with Crippen LogP contribution >= 0.6 is 0 Å². The topological polar surface area (TPSA) is 67.6 Å². The molecule has 1 fully saturated rings. The molecule has 0 atom stereocenters. The lowest BCUT2D eigenvalue weighted by Crippen LogP contribution is -2.43. The minimum Gasteiger partial charge on any atom is -0.378 e. The van der Waals surface area contributed by atoms with E-state index in [0.29, 0.717) is 6.61 Å². The summed E-state index contributed by atoms with van der Waals surface area (Å²) in [5, 5.41) is 9.46. The van der Waals surface area contributed by atoms with Gasteiger partial charge in [-0.05, 0) is 35.9 Å². The second kappa shape index (κ2) is 8.85. The number of piperazine rings is 1. The zero-order chi connectivity index (χ0) is 22.9. The Labute approximate surface area is 198 Å². The van der Waals surface area contributed by atoms with Gasteiger partial charge in [0.1, 0.15) is 5.69 Å². The number of ether oxygens (including phenoxy) is 1. The summed E-state index contributed by atoms with van der Waals surface area (Å²) >= 11 is 0. The van der Waals surface area contributed by atoms with Crippen molar-refractivity contribution in [1.82, 2.24) is 24.9 Å². The van der Waals surface area contributed by atoms with Gasteiger partial charge in [-0.1, -0.05) is 36.4 Å². The molecule has 0 amide bonds. The third-order valence-corrected chi connectivity index (χ3v) is 6.37. The molecule has 1 aliphatic rings. The molecule has 0 radical (unpaired) electrons. The summed E-state index contributed by atoms with van der Waals surface area (Å²) in [6, 6.07) is 23.0. The van der Waals surface area contributed by atoms with E-state index in [-0.39, 0.29) is 0 Å². The van der Waals surface area contributed by atoms with Crippen LogP contribution in [0.3, 0.4) is 0 Å². The summed E-state index contributed by atoms with van der Waals surface area (Å²) in [6.07, 6.45) is 1.84. The van der Waals surface area contributed by atoms with Gasteiger partial charge >= 0.3 is 0 Å². The van der Waals surface area contributed by atoms with Gasteiger partial charge in [-0.3, -0.25) is 0 Å². The van der Waals surface area contributed by atoms with Crippen molar-refractivity contribution in [3.05, 3.63) is 78.6 Å². The Morgan fingerprint density at radius 2 is 1.79 bits per heavy atom. The molecule has 1 saturated heterocycles. The minimum atomic E-state index is 0.410. The number of imidazole rings is 1. The summed E-state index contributed by atoms with van der Waals surface area (Å²) in [5.74, 6) is 0. The maximum atomic E-state index is 5.51. The lowest BCUT2D eigenvalue weighted by Gasteiger charge is -2.29. The molecule has 3 aromatic heterocycles. The van der Waals surface area contributed by atoms with Crippen LogP contribution in [0, 0.1) is 0 Å². The van der Waals surface area contributed by atoms with Crippen molar-refractivity contribution < 1.29 is 4.74 Å². The lowest BCUT2D eigenvalue weighted by atomic mass is 10.0. The van der Waals surface area contributed by atoms with Crippen molar-refractivity contribution in [2.45, 2.75) is 6.61 Å². The minimum absolute atomic E-state index is 0.410. The second-order valence-electron chi connectivity index (χ2n) is 8.52. The van der Waals surface area contributed by atoms with Crippen molar-refractivity contribution in [2.24, 2.45) is 0 Å². The number of pyridine rings is 1. The van der Waals surface area contributed by atoms with E-state index in [2.05, 4.69) is 57.7 Å². The van der Waals surface area contributed by atoms with Gasteiger partial charge in [0, 0.05) is 49.9 Å². The van der Waals surface area contributed by atoms with Crippen LogP contribution < -0.4 is 10.2 Å². The maximum Gasteiger partial charge on any atom is 0.154 e. The second-order valence-corrected chi connectivity index (χ2v) is 8.52. The predicted molar refractivity (Wildman–Crippen MR) is 135 cm³/mol. The number of nitrogens with one attached hydrogen (secondary N) is 1. The monoisotopic (exact) mass is 450 g/mol. The van der Waals surface area contributed by atoms with Crippen molar-refractivity contribution in [2.75, 3.05) is 38.2 Å². The first-order chi connectivity index (χ1) is 16.8. The zero-order valence-corrected chi connectivity index (χ0v) is 19.1. The molecule has 0 spiro atoms. The Morgan fingerprint density at radius 1 is 0.971 bits per heavy atom. The van der Waals surface area contributed by atoms with Gasteiger partial charge < -0.3 is 15.0 Å². The van der Waals surface area contributed by atoms with Gasteiger partial charge in [0.05, 0.1) is 29.7 Å². The number of anilines is 1. The Morgan fingerprint density at radius 3 is 2.62 bits per heavy atom. The van der Waals surface area contributed by atoms with Crippen LogP contribution in [-0.4, -0.2) is 52.9 Å². The van der Waals surface area contributed by atoms with Gasteiger partial charge in [0.15, 0.2) is 5.65 Å². The molecular formula is C27H26N6O. The van der Waals surface area contributed by atoms with Gasteiger partial charge in [-0.25, -0.2) is 14.5 Å². The third kappa shape index (κ3) is 3.79. The first-order valence-electron chi connectivity index (χ1n) is 11.6. The molecule has 0 unspecified atom stereocenters. The molecule has 4 heterocycles. The fraction of sp³-hybridized carbons (Fsp3) is 0.222. The van der Waals surface area contributed by atoms with E-state index in [1.807, 2.05) is 35.0 Å². The van der Waals surface area contributed by atoms with E-state index in [0.717, 1.165) is 70.9 Å². The van der Waals surface area contributed by atoms with Crippen LogP contribution in [0.2, 0.25) is 0 Å². The summed E-state index contributed by atoms with van der Waals surface area (Å²) < 4.78 is 7.38. The summed E-state index contributed by atoms with van der Waals surface area (Å²) in [5.41, 5.74) is 7.69. The van der Waals surface area contributed by atoms with E-state index in [1.165, 1.54) is 5.69 Å². The average molecular weight is 451 g/mol. The van der Waals surface area contributed by atoms with Crippen molar-refractivity contribution >= 4 is 22.2 Å². The molecule has 34 heavy (non-hydrogen) atoms. The van der Waals surface area contributed by atoms with Gasteiger partial charge in [0.25, 0.3) is 0 Å². The smallest absolute Gasteiger partial charge is 0.154 e. The Bertz CT molecular complexity index is 1450. The number of fused-ring (bicyclic) bond motifs is 2. The molecule has 0 aliphatic carbocycles. The quantitative estimate of drug-likeness (QED) is 0.434. The van der Waals surface area contributed by atoms with Crippen LogP contribution in [0.5, 0.6) is 0 Å². The van der Waals surface area contributed by atoms with Gasteiger partial charge in [0.2, 0.25) is 0 Å². The molecule has 170 valence electrons. The highest BCUT2D eigenvalue weighted by Gasteiger charge is 2.16. The zero-order valence-electron chi connectivity index (χ0n) is 19.1. The first-order valence-corrected chi connectivity index (χ1v) is 11.6. The average Bonchev–Trinajstić information content (AvgIpc) is 3.32. The normalized spacial score (nSPS) is 14.2. The first kappa shape index (κ1) is 20.8. The number of rotatable bonds is 5. The van der Waals surface area contributed by atoms with Gasteiger partial charge in [-0.15, -0.1) is 0 Å². The van der Waals surface area contributed by atoms with E-state index < -0.39 is 0 Å². The Hall–Kier alpha value is -3.81. The maximum absolute atomic E-state index is 5.51. The molecule has 1 N–H and O–H groups in total. The molecule has 6 rings (SSSR count). The number of aromatic nitrogens is 4. The van der Waals surface area contributed by atoms with Crippen molar-refractivity contribution in [1.29, 1.82) is 0 Å². The van der Waals surface area contributed by atoms with Crippen LogP contribution in [0.25, 0.3) is 39.1 Å². The SMILES string of the molecule is COCc1nn2c(-c3ccc4ccccc4n3)cnc2cc1-c1ccc(N2CCNCC2)cc1. The molecular weight excluding hydrogens is 424 g/mol. The predicted octanol–water partition coefficient (Wildman–Crippen LogP) is 4.17.